The van der Waals surface area contributed by atoms with Crippen LogP contribution < -0.4 is 0 Å². The summed E-state index contributed by atoms with van der Waals surface area (Å²) in [4.78, 5) is 20.4. The Balaban J connectivity index is 1.43. The van der Waals surface area contributed by atoms with Crippen molar-refractivity contribution in [2.45, 2.75) is 18.6 Å². The number of para-hydroxylation sites is 1. The lowest BCUT2D eigenvalue weighted by Gasteiger charge is -2.37. The second-order valence-corrected chi connectivity index (χ2v) is 7.83. The highest BCUT2D eigenvalue weighted by molar-refractivity contribution is 7.13. The molecular weight excluding hydrogens is 376 g/mol. The molecule has 0 saturated carbocycles. The summed E-state index contributed by atoms with van der Waals surface area (Å²) in [7, 11) is 0. The van der Waals surface area contributed by atoms with Crippen LogP contribution >= 0.6 is 11.3 Å². The van der Waals surface area contributed by atoms with Gasteiger partial charge in [0.25, 0.3) is 5.91 Å². The van der Waals surface area contributed by atoms with Gasteiger partial charge < -0.3 is 14.4 Å². The van der Waals surface area contributed by atoms with E-state index >= 15 is 0 Å². The molecule has 5 rings (SSSR count). The molecule has 28 heavy (non-hydrogen) atoms. The molecule has 2 aliphatic rings. The zero-order valence-electron chi connectivity index (χ0n) is 15.3. The Morgan fingerprint density at radius 1 is 1.04 bits per heavy atom. The number of aromatic nitrogens is 3. The van der Waals surface area contributed by atoms with E-state index in [9.17, 15) is 4.79 Å². The lowest BCUT2D eigenvalue weighted by atomic mass is 10.0. The van der Waals surface area contributed by atoms with Crippen LogP contribution in [0.1, 0.15) is 23.5 Å². The fourth-order valence-corrected chi connectivity index (χ4v) is 4.39. The van der Waals surface area contributed by atoms with Crippen molar-refractivity contribution in [2.24, 2.45) is 0 Å². The first-order chi connectivity index (χ1) is 13.7. The molecule has 0 aliphatic carbocycles. The number of benzene rings is 1. The molecule has 2 saturated heterocycles. The van der Waals surface area contributed by atoms with Gasteiger partial charge in [-0.25, -0.2) is 9.67 Å². The van der Waals surface area contributed by atoms with E-state index in [0.717, 1.165) is 10.6 Å². The van der Waals surface area contributed by atoms with E-state index in [-0.39, 0.29) is 11.7 Å². The summed E-state index contributed by atoms with van der Waals surface area (Å²) in [5.74, 6) is 0.243. The third-order valence-corrected chi connectivity index (χ3v) is 6.03. The van der Waals surface area contributed by atoms with E-state index in [1.54, 1.807) is 20.9 Å². The van der Waals surface area contributed by atoms with Crippen molar-refractivity contribution < 1.29 is 14.3 Å². The van der Waals surface area contributed by atoms with Gasteiger partial charge in [0.15, 0.2) is 11.6 Å². The maximum absolute atomic E-state index is 13.1. The average Bonchev–Trinajstić information content (AvgIpc) is 3.49. The summed E-state index contributed by atoms with van der Waals surface area (Å²) in [6, 6.07) is 13.7. The lowest BCUT2D eigenvalue weighted by molar-refractivity contribution is -0.181. The molecule has 1 spiro atoms. The van der Waals surface area contributed by atoms with Crippen LogP contribution in [0.5, 0.6) is 0 Å². The van der Waals surface area contributed by atoms with Gasteiger partial charge in [0.1, 0.15) is 0 Å². The van der Waals surface area contributed by atoms with Crippen molar-refractivity contribution in [3.8, 4) is 16.4 Å². The molecule has 144 valence electrons. The molecule has 2 aliphatic heterocycles. The van der Waals surface area contributed by atoms with Crippen LogP contribution in [0.3, 0.4) is 0 Å². The maximum Gasteiger partial charge on any atom is 0.293 e. The molecule has 1 amide bonds. The largest absolute Gasteiger partial charge is 0.347 e. The number of amides is 1. The molecule has 2 aromatic heterocycles. The summed E-state index contributed by atoms with van der Waals surface area (Å²) >= 11 is 1.58. The summed E-state index contributed by atoms with van der Waals surface area (Å²) in [6.45, 7) is 2.41. The normalized spacial score (nSPS) is 18.6. The van der Waals surface area contributed by atoms with E-state index < -0.39 is 5.79 Å². The molecule has 8 heteroatoms. The summed E-state index contributed by atoms with van der Waals surface area (Å²) in [5.41, 5.74) is 0.878. The lowest BCUT2D eigenvalue weighted by Crippen LogP contribution is -2.47. The van der Waals surface area contributed by atoms with Crippen LogP contribution in [-0.2, 0) is 9.47 Å². The number of carbonyl (C=O) groups excluding carboxylic acids is 1. The van der Waals surface area contributed by atoms with Crippen molar-refractivity contribution >= 4 is 17.2 Å². The molecule has 3 aromatic rings. The van der Waals surface area contributed by atoms with Crippen molar-refractivity contribution in [1.29, 1.82) is 0 Å². The van der Waals surface area contributed by atoms with E-state index in [1.807, 2.05) is 47.8 Å². The number of hydrogen-bond donors (Lipinski definition) is 0. The summed E-state index contributed by atoms with van der Waals surface area (Å²) < 4.78 is 13.2. The van der Waals surface area contributed by atoms with Gasteiger partial charge in [-0.1, -0.05) is 24.3 Å². The third-order valence-electron chi connectivity index (χ3n) is 5.17. The van der Waals surface area contributed by atoms with Gasteiger partial charge in [-0.15, -0.1) is 16.4 Å². The van der Waals surface area contributed by atoms with Crippen molar-refractivity contribution in [3.63, 3.8) is 0 Å². The van der Waals surface area contributed by atoms with Crippen molar-refractivity contribution in [2.75, 3.05) is 26.3 Å². The molecule has 1 aromatic carbocycles. The predicted molar refractivity (Wildman–Crippen MR) is 104 cm³/mol. The summed E-state index contributed by atoms with van der Waals surface area (Å²) in [6.07, 6.45) is 1.35. The zero-order valence-corrected chi connectivity index (χ0v) is 16.1. The maximum atomic E-state index is 13.1. The minimum absolute atomic E-state index is 0.152. The number of hydrogen-bond acceptors (Lipinski definition) is 6. The number of carbonyl (C=O) groups is 1. The van der Waals surface area contributed by atoms with Crippen molar-refractivity contribution in [3.05, 3.63) is 53.7 Å². The smallest absolute Gasteiger partial charge is 0.293 e. The van der Waals surface area contributed by atoms with E-state index in [1.165, 1.54) is 0 Å². The van der Waals surface area contributed by atoms with Gasteiger partial charge in [-0.2, -0.15) is 0 Å². The van der Waals surface area contributed by atoms with Crippen LogP contribution in [0.25, 0.3) is 16.4 Å². The number of thiophene rings is 1. The minimum atomic E-state index is -0.504. The Labute approximate surface area is 166 Å². The fraction of sp³-hybridized carbons (Fsp3) is 0.350. The van der Waals surface area contributed by atoms with E-state index in [2.05, 4.69) is 10.1 Å². The molecule has 7 nitrogen and oxygen atoms in total. The molecule has 0 N–H and O–H groups in total. The van der Waals surface area contributed by atoms with Gasteiger partial charge in [0.05, 0.1) is 23.8 Å². The van der Waals surface area contributed by atoms with Crippen LogP contribution in [0.4, 0.5) is 0 Å². The van der Waals surface area contributed by atoms with Crippen molar-refractivity contribution in [1.82, 2.24) is 19.7 Å². The monoisotopic (exact) mass is 396 g/mol. The van der Waals surface area contributed by atoms with Crippen LogP contribution in [0, 0.1) is 0 Å². The standard InChI is InChI=1S/C20H20N4O3S/c25-19(23-10-8-20(9-11-23)26-12-13-27-20)17-21-18(16-7-4-14-28-16)24(22-17)15-5-2-1-3-6-15/h1-7,14H,8-13H2. The number of likely N-dealkylation sites (tertiary alicyclic amines) is 1. The van der Waals surface area contributed by atoms with E-state index in [4.69, 9.17) is 9.47 Å². The molecule has 0 unspecified atom stereocenters. The fourth-order valence-electron chi connectivity index (χ4n) is 3.69. The van der Waals surface area contributed by atoms with Crippen LogP contribution in [0.2, 0.25) is 0 Å². The minimum Gasteiger partial charge on any atom is -0.347 e. The Morgan fingerprint density at radius 3 is 2.46 bits per heavy atom. The second-order valence-electron chi connectivity index (χ2n) is 6.88. The Hall–Kier alpha value is -2.55. The quantitative estimate of drug-likeness (QED) is 0.681. The molecule has 2 fully saturated rings. The molecule has 0 radical (unpaired) electrons. The second kappa shape index (κ2) is 7.12. The van der Waals surface area contributed by atoms with Gasteiger partial charge in [-0.05, 0) is 23.6 Å². The van der Waals surface area contributed by atoms with Gasteiger partial charge in [0.2, 0.25) is 5.82 Å². The highest BCUT2D eigenvalue weighted by atomic mass is 32.1. The highest BCUT2D eigenvalue weighted by Crippen LogP contribution is 2.32. The number of rotatable bonds is 3. The van der Waals surface area contributed by atoms with E-state index in [0.29, 0.717) is 45.0 Å². The van der Waals surface area contributed by atoms with Gasteiger partial charge in [-0.3, -0.25) is 4.79 Å². The molecule has 0 bridgehead atoms. The average molecular weight is 396 g/mol. The number of ether oxygens (including phenoxy) is 2. The number of nitrogens with zero attached hydrogens (tertiary/aromatic N) is 4. The molecular formula is C20H20N4O3S. The number of piperidine rings is 1. The topological polar surface area (TPSA) is 69.5 Å². The van der Waals surface area contributed by atoms with Gasteiger partial charge in [0, 0.05) is 25.9 Å². The summed E-state index contributed by atoms with van der Waals surface area (Å²) in [5, 5.41) is 6.55. The third kappa shape index (κ3) is 3.13. The Kier molecular flexibility index (Phi) is 4.46. The first-order valence-electron chi connectivity index (χ1n) is 9.38. The first kappa shape index (κ1) is 17.5. The Bertz CT molecular complexity index is 955. The predicted octanol–water partition coefficient (Wildman–Crippen LogP) is 2.97. The zero-order chi connectivity index (χ0) is 19.0. The Morgan fingerprint density at radius 2 is 1.79 bits per heavy atom. The molecule has 0 atom stereocenters. The first-order valence-corrected chi connectivity index (χ1v) is 10.3. The van der Waals surface area contributed by atoms with Crippen LogP contribution in [-0.4, -0.2) is 57.7 Å². The SMILES string of the molecule is O=C(c1nc(-c2cccs2)n(-c2ccccc2)n1)N1CCC2(CC1)OCCO2. The van der Waals surface area contributed by atoms with Gasteiger partial charge >= 0.3 is 0 Å². The molecule has 4 heterocycles. The van der Waals surface area contributed by atoms with Crippen LogP contribution in [0.15, 0.2) is 47.8 Å². The highest BCUT2D eigenvalue weighted by Gasteiger charge is 2.41.